The molecule has 0 aromatic rings. The van der Waals surface area contributed by atoms with Crippen LogP contribution in [-0.4, -0.2) is 78.0 Å². The lowest BCUT2D eigenvalue weighted by Crippen LogP contribution is -2.26. The summed E-state index contributed by atoms with van der Waals surface area (Å²) in [5.74, 6) is -0.947. The molecule has 2 unspecified atom stereocenters. The van der Waals surface area contributed by atoms with Crippen LogP contribution in [0.25, 0.3) is 0 Å². The zero-order chi connectivity index (χ0) is 21.0. The van der Waals surface area contributed by atoms with Crippen LogP contribution < -0.4 is 0 Å². The minimum absolute atomic E-state index is 0.147. The van der Waals surface area contributed by atoms with Gasteiger partial charge in [-0.05, 0) is 12.8 Å². The Labute approximate surface area is 167 Å². The molecule has 0 bridgehead atoms. The van der Waals surface area contributed by atoms with E-state index >= 15 is 0 Å². The molecule has 0 amide bonds. The van der Waals surface area contributed by atoms with Crippen molar-refractivity contribution in [2.75, 3.05) is 53.9 Å². The van der Waals surface area contributed by atoms with Crippen molar-refractivity contribution in [2.24, 2.45) is 0 Å². The van der Waals surface area contributed by atoms with E-state index in [1.165, 1.54) is 0 Å². The molecule has 0 aliphatic carbocycles. The number of esters is 2. The zero-order valence-electron chi connectivity index (χ0n) is 17.1. The largest absolute Gasteiger partial charge is 0.460 e. The second kappa shape index (κ2) is 18.6. The van der Waals surface area contributed by atoms with Gasteiger partial charge < -0.3 is 28.4 Å². The molecule has 0 radical (unpaired) electrons. The third-order valence-corrected chi connectivity index (χ3v) is 3.76. The van der Waals surface area contributed by atoms with Crippen LogP contribution in [0.2, 0.25) is 0 Å². The quantitative estimate of drug-likeness (QED) is 0.184. The van der Waals surface area contributed by atoms with Gasteiger partial charge in [-0.15, -0.1) is 0 Å². The third kappa shape index (κ3) is 15.3. The van der Waals surface area contributed by atoms with Gasteiger partial charge in [0.15, 0.2) is 0 Å². The van der Waals surface area contributed by atoms with E-state index in [-0.39, 0.29) is 25.4 Å². The molecule has 0 aliphatic heterocycles. The van der Waals surface area contributed by atoms with Crippen LogP contribution in [0.5, 0.6) is 0 Å². The number of hydrogen-bond donors (Lipinski definition) is 0. The predicted molar refractivity (Wildman–Crippen MR) is 104 cm³/mol. The van der Waals surface area contributed by atoms with Crippen LogP contribution in [0.15, 0.2) is 25.3 Å². The van der Waals surface area contributed by atoms with Gasteiger partial charge in [-0.1, -0.05) is 26.0 Å². The normalized spacial score (nSPS) is 12.8. The van der Waals surface area contributed by atoms with Gasteiger partial charge in [0, 0.05) is 39.6 Å². The van der Waals surface area contributed by atoms with E-state index < -0.39 is 11.9 Å². The number of methoxy groups -OCH3 is 2. The molecule has 0 aliphatic rings. The van der Waals surface area contributed by atoms with E-state index in [2.05, 4.69) is 13.2 Å². The summed E-state index contributed by atoms with van der Waals surface area (Å²) in [5, 5.41) is 0. The van der Waals surface area contributed by atoms with Gasteiger partial charge in [0.25, 0.3) is 0 Å². The van der Waals surface area contributed by atoms with Gasteiger partial charge in [0.2, 0.25) is 0 Å². The number of carbonyl (C=O) groups is 2. The molecule has 0 fully saturated rings. The van der Waals surface area contributed by atoms with Gasteiger partial charge in [-0.25, -0.2) is 9.59 Å². The monoisotopic (exact) mass is 402 g/mol. The van der Waals surface area contributed by atoms with Crippen LogP contribution in [0.3, 0.4) is 0 Å². The Balaban J connectivity index is 3.53. The second-order valence-electron chi connectivity index (χ2n) is 5.95. The molecule has 0 saturated heterocycles. The van der Waals surface area contributed by atoms with E-state index in [0.29, 0.717) is 26.4 Å². The maximum atomic E-state index is 11.0. The maximum absolute atomic E-state index is 11.0. The third-order valence-electron chi connectivity index (χ3n) is 3.76. The van der Waals surface area contributed by atoms with Crippen molar-refractivity contribution in [3.8, 4) is 0 Å². The lowest BCUT2D eigenvalue weighted by atomic mass is 10.2. The van der Waals surface area contributed by atoms with Gasteiger partial charge in [0.05, 0.1) is 13.2 Å². The van der Waals surface area contributed by atoms with Gasteiger partial charge in [-0.3, -0.25) is 0 Å². The molecular weight excluding hydrogens is 368 g/mol. The first kappa shape index (κ1) is 26.3. The first-order valence-electron chi connectivity index (χ1n) is 9.36. The smallest absolute Gasteiger partial charge is 0.330 e. The highest BCUT2D eigenvalue weighted by Crippen LogP contribution is 2.03. The number of rotatable bonds is 19. The average Bonchev–Trinajstić information content (AvgIpc) is 2.72. The van der Waals surface area contributed by atoms with Gasteiger partial charge in [-0.2, -0.15) is 0 Å². The minimum Gasteiger partial charge on any atom is -0.460 e. The van der Waals surface area contributed by atoms with Crippen molar-refractivity contribution in [3.05, 3.63) is 25.3 Å². The van der Waals surface area contributed by atoms with Gasteiger partial charge >= 0.3 is 11.9 Å². The Hall–Kier alpha value is -1.74. The highest BCUT2D eigenvalue weighted by Gasteiger charge is 2.11. The first-order valence-corrected chi connectivity index (χ1v) is 9.36. The minimum atomic E-state index is -0.473. The molecule has 0 aromatic carbocycles. The van der Waals surface area contributed by atoms with Gasteiger partial charge in [0.1, 0.15) is 25.4 Å². The van der Waals surface area contributed by atoms with Crippen molar-refractivity contribution >= 4 is 11.9 Å². The Bertz CT molecular complexity index is 398. The number of carbonyl (C=O) groups excluding carboxylic acids is 2. The molecule has 8 heteroatoms. The Kier molecular flexibility index (Phi) is 17.5. The van der Waals surface area contributed by atoms with Crippen molar-refractivity contribution in [3.63, 3.8) is 0 Å². The number of unbranched alkanes of at least 4 members (excludes halogenated alkanes) is 3. The molecule has 0 saturated carbocycles. The summed E-state index contributed by atoms with van der Waals surface area (Å²) in [5.41, 5.74) is 0. The van der Waals surface area contributed by atoms with Crippen LogP contribution in [-0.2, 0) is 38.0 Å². The van der Waals surface area contributed by atoms with Crippen molar-refractivity contribution in [1.82, 2.24) is 0 Å². The molecule has 0 spiro atoms. The summed E-state index contributed by atoms with van der Waals surface area (Å²) in [6, 6.07) is 0. The highest BCUT2D eigenvalue weighted by molar-refractivity contribution is 5.81. The fraction of sp³-hybridized carbons (Fsp3) is 0.700. The molecule has 28 heavy (non-hydrogen) atoms. The lowest BCUT2D eigenvalue weighted by Gasteiger charge is -2.15. The predicted octanol–water partition coefficient (Wildman–Crippen LogP) is 2.07. The van der Waals surface area contributed by atoms with E-state index in [1.807, 2.05) is 0 Å². The van der Waals surface area contributed by atoms with Crippen LogP contribution in [0.4, 0.5) is 0 Å². The van der Waals surface area contributed by atoms with Crippen molar-refractivity contribution < 1.29 is 38.0 Å². The summed E-state index contributed by atoms with van der Waals surface area (Å²) in [7, 11) is 3.10. The van der Waals surface area contributed by atoms with E-state index in [1.54, 1.807) is 14.2 Å². The van der Waals surface area contributed by atoms with E-state index in [9.17, 15) is 9.59 Å². The Morgan fingerprint density at radius 2 is 1.11 bits per heavy atom. The summed E-state index contributed by atoms with van der Waals surface area (Å²) >= 11 is 0. The summed E-state index contributed by atoms with van der Waals surface area (Å²) < 4.78 is 31.3. The molecule has 0 rings (SSSR count). The topological polar surface area (TPSA) is 89.5 Å². The first-order chi connectivity index (χ1) is 13.6. The zero-order valence-corrected chi connectivity index (χ0v) is 17.1. The highest BCUT2D eigenvalue weighted by atomic mass is 16.6. The standard InChI is InChI=1S/C20H34O8/c1-5-19(21)27-15-17(23-3)13-25-11-9-7-8-10-12-26-14-18(24-4)16-28-20(22)6-2/h5-6,17-18H,1-2,7-16H2,3-4H3. The van der Waals surface area contributed by atoms with Crippen molar-refractivity contribution in [2.45, 2.75) is 37.9 Å². The lowest BCUT2D eigenvalue weighted by molar-refractivity contribution is -0.143. The molecule has 8 nitrogen and oxygen atoms in total. The van der Waals surface area contributed by atoms with Crippen LogP contribution in [0.1, 0.15) is 25.7 Å². The molecule has 0 aromatic heterocycles. The summed E-state index contributed by atoms with van der Waals surface area (Å²) in [4.78, 5) is 22.0. The second-order valence-corrected chi connectivity index (χ2v) is 5.95. The molecular formula is C20H34O8. The van der Waals surface area contributed by atoms with Crippen molar-refractivity contribution in [1.29, 1.82) is 0 Å². The average molecular weight is 402 g/mol. The molecule has 2 atom stereocenters. The maximum Gasteiger partial charge on any atom is 0.330 e. The fourth-order valence-corrected chi connectivity index (χ4v) is 2.03. The molecule has 0 heterocycles. The SMILES string of the molecule is C=CC(=O)OCC(COCCCCCCOCC(COC(=O)C=C)OC)OC. The Morgan fingerprint density at radius 1 is 0.714 bits per heavy atom. The van der Waals surface area contributed by atoms with E-state index in [0.717, 1.165) is 37.8 Å². The molecule has 0 N–H and O–H groups in total. The van der Waals surface area contributed by atoms with Crippen LogP contribution >= 0.6 is 0 Å². The Morgan fingerprint density at radius 3 is 1.43 bits per heavy atom. The summed E-state index contributed by atoms with van der Waals surface area (Å²) in [6.07, 6.45) is 5.58. The molecule has 162 valence electrons. The van der Waals surface area contributed by atoms with E-state index in [4.69, 9.17) is 28.4 Å². The number of hydrogen-bond acceptors (Lipinski definition) is 8. The van der Waals surface area contributed by atoms with Crippen LogP contribution in [0, 0.1) is 0 Å². The summed E-state index contributed by atoms with van der Waals surface area (Å²) in [6.45, 7) is 8.95. The fourth-order valence-electron chi connectivity index (χ4n) is 2.03. The number of ether oxygens (including phenoxy) is 6.